The number of carbonyl (C=O) groups excluding carboxylic acids is 3. The third kappa shape index (κ3) is 7.21. The third-order valence-electron chi connectivity index (χ3n) is 9.52. The summed E-state index contributed by atoms with van der Waals surface area (Å²) in [4.78, 5) is 64.7. The first-order chi connectivity index (χ1) is 25.6. The molecule has 0 fully saturated rings. The Morgan fingerprint density at radius 3 is 2.43 bits per heavy atom. The SMILES string of the molecule is CCC[C@@H]1N=C(C)c2ccc(C(=O)Nc3ccc(C)c(N4Cc5cnc(Nc6ccc(C)nc6)nc5N(C)C4=O)c3)cc2N(Cc2ccccc2)C1=O. The number of fused-ring (bicyclic) bond motifs is 2. The summed E-state index contributed by atoms with van der Waals surface area (Å²) < 4.78 is 0. The van der Waals surface area contributed by atoms with E-state index >= 15 is 0 Å². The van der Waals surface area contributed by atoms with E-state index in [0.717, 1.165) is 45.8 Å². The maximum absolute atomic E-state index is 13.9. The number of benzodiazepines with no additional fused rings is 1. The van der Waals surface area contributed by atoms with Crippen LogP contribution in [0.25, 0.3) is 0 Å². The van der Waals surface area contributed by atoms with Crippen LogP contribution in [0.5, 0.6) is 0 Å². The van der Waals surface area contributed by atoms with Crippen molar-refractivity contribution < 1.29 is 14.4 Å². The molecule has 2 aliphatic rings. The number of pyridine rings is 1. The fourth-order valence-electron chi connectivity index (χ4n) is 6.66. The van der Waals surface area contributed by atoms with E-state index in [9.17, 15) is 14.4 Å². The number of anilines is 6. The topological polar surface area (TPSA) is 136 Å². The molecule has 1 atom stereocenters. The number of nitrogens with zero attached hydrogens (tertiary/aromatic N) is 7. The molecule has 2 aliphatic heterocycles. The number of urea groups is 1. The Kier molecular flexibility index (Phi) is 9.68. The molecule has 2 aromatic heterocycles. The minimum atomic E-state index is -0.496. The number of aryl methyl sites for hydroxylation is 2. The van der Waals surface area contributed by atoms with E-state index in [1.165, 1.54) is 4.90 Å². The van der Waals surface area contributed by atoms with Gasteiger partial charge in [-0.05, 0) is 74.7 Å². The van der Waals surface area contributed by atoms with Gasteiger partial charge in [0.25, 0.3) is 11.8 Å². The monoisotopic (exact) mass is 707 g/mol. The van der Waals surface area contributed by atoms with Gasteiger partial charge in [0.05, 0.1) is 36.3 Å². The zero-order valence-corrected chi connectivity index (χ0v) is 30.4. The quantitative estimate of drug-likeness (QED) is 0.161. The number of rotatable bonds is 9. The molecule has 2 N–H and O–H groups in total. The van der Waals surface area contributed by atoms with Gasteiger partial charge >= 0.3 is 6.03 Å². The first-order valence-corrected chi connectivity index (χ1v) is 17.7. The second-order valence-corrected chi connectivity index (χ2v) is 13.4. The summed E-state index contributed by atoms with van der Waals surface area (Å²) in [6, 6.07) is 23.7. The van der Waals surface area contributed by atoms with Crippen molar-refractivity contribution in [2.45, 2.75) is 59.7 Å². The van der Waals surface area contributed by atoms with Crippen molar-refractivity contribution >= 4 is 58.1 Å². The lowest BCUT2D eigenvalue weighted by molar-refractivity contribution is -0.120. The van der Waals surface area contributed by atoms with Crippen molar-refractivity contribution in [1.82, 2.24) is 15.0 Å². The Morgan fingerprint density at radius 1 is 0.887 bits per heavy atom. The molecule has 0 bridgehead atoms. The molecular formula is C41H41N9O3. The highest BCUT2D eigenvalue weighted by Gasteiger charge is 2.33. The second kappa shape index (κ2) is 14.7. The molecule has 0 unspecified atom stereocenters. The van der Waals surface area contributed by atoms with Crippen molar-refractivity contribution in [1.29, 1.82) is 0 Å². The van der Waals surface area contributed by atoms with E-state index in [1.54, 1.807) is 47.4 Å². The maximum Gasteiger partial charge on any atom is 0.330 e. The molecule has 4 heterocycles. The molecule has 12 heteroatoms. The molecule has 268 valence electrons. The number of carbonyl (C=O) groups is 3. The van der Waals surface area contributed by atoms with Gasteiger partial charge in [0.15, 0.2) is 0 Å². The Hall–Kier alpha value is -6.43. The Balaban J connectivity index is 1.13. The summed E-state index contributed by atoms with van der Waals surface area (Å²) >= 11 is 0. The summed E-state index contributed by atoms with van der Waals surface area (Å²) in [5.74, 6) is 0.434. The number of aromatic nitrogens is 3. The fraction of sp³-hybridized carbons (Fsp3) is 0.244. The van der Waals surface area contributed by atoms with Crippen molar-refractivity contribution in [3.63, 3.8) is 0 Å². The minimum absolute atomic E-state index is 0.0891. The highest BCUT2D eigenvalue weighted by molar-refractivity contribution is 6.14. The maximum atomic E-state index is 13.9. The van der Waals surface area contributed by atoms with E-state index in [0.29, 0.717) is 47.4 Å². The smallest absolute Gasteiger partial charge is 0.323 e. The highest BCUT2D eigenvalue weighted by Crippen LogP contribution is 2.34. The Labute approximate surface area is 308 Å². The summed E-state index contributed by atoms with van der Waals surface area (Å²) in [5.41, 5.74) is 8.03. The number of nitrogens with one attached hydrogen (secondary N) is 2. The lowest BCUT2D eigenvalue weighted by Crippen LogP contribution is -2.46. The summed E-state index contributed by atoms with van der Waals surface area (Å²) in [6.07, 6.45) is 4.87. The predicted octanol–water partition coefficient (Wildman–Crippen LogP) is 7.59. The molecular weight excluding hydrogens is 667 g/mol. The van der Waals surface area contributed by atoms with Gasteiger partial charge in [0.2, 0.25) is 5.95 Å². The van der Waals surface area contributed by atoms with Gasteiger partial charge in [0, 0.05) is 47.0 Å². The van der Waals surface area contributed by atoms with Gasteiger partial charge < -0.3 is 15.5 Å². The molecule has 0 aliphatic carbocycles. The van der Waals surface area contributed by atoms with Crippen LogP contribution in [-0.4, -0.2) is 51.6 Å². The predicted molar refractivity (Wildman–Crippen MR) is 208 cm³/mol. The minimum Gasteiger partial charge on any atom is -0.323 e. The van der Waals surface area contributed by atoms with Crippen LogP contribution in [0.2, 0.25) is 0 Å². The van der Waals surface area contributed by atoms with Crippen LogP contribution in [0, 0.1) is 13.8 Å². The summed E-state index contributed by atoms with van der Waals surface area (Å²) in [5, 5.41) is 6.17. The number of amides is 4. The van der Waals surface area contributed by atoms with Gasteiger partial charge in [0.1, 0.15) is 11.9 Å². The molecule has 0 spiro atoms. The molecule has 7 rings (SSSR count). The lowest BCUT2D eigenvalue weighted by atomic mass is 10.0. The third-order valence-corrected chi connectivity index (χ3v) is 9.52. The number of aliphatic imine (C=N–C) groups is 1. The van der Waals surface area contributed by atoms with E-state index in [2.05, 4.69) is 25.6 Å². The van der Waals surface area contributed by atoms with Crippen LogP contribution >= 0.6 is 0 Å². The second-order valence-electron chi connectivity index (χ2n) is 13.4. The molecule has 12 nitrogen and oxygen atoms in total. The standard InChI is InChI=1S/C41H41N9O3/c1-6-10-34-39(52)49(23-28-11-8-7-9-12-28)36-19-29(15-18-33(36)27(4)44-34)38(51)45-31-16-13-25(2)35(20-31)50-24-30-21-43-40(47-37(30)48(5)41(50)53)46-32-17-14-26(3)42-22-32/h7-9,11-22,34H,6,10,23-24H2,1-5H3,(H,45,51)(H,43,46,47)/t34-/m0/s1. The molecule has 0 saturated carbocycles. The summed E-state index contributed by atoms with van der Waals surface area (Å²) in [7, 11) is 1.68. The first-order valence-electron chi connectivity index (χ1n) is 17.7. The van der Waals surface area contributed by atoms with Crippen molar-refractivity contribution in [2.24, 2.45) is 4.99 Å². The largest absolute Gasteiger partial charge is 0.330 e. The van der Waals surface area contributed by atoms with Gasteiger partial charge in [-0.3, -0.25) is 29.4 Å². The highest BCUT2D eigenvalue weighted by atomic mass is 16.2. The van der Waals surface area contributed by atoms with Crippen LogP contribution in [0.15, 0.2) is 96.2 Å². The fourth-order valence-corrected chi connectivity index (χ4v) is 6.66. The van der Waals surface area contributed by atoms with Crippen molar-refractivity contribution in [2.75, 3.05) is 32.4 Å². The van der Waals surface area contributed by atoms with E-state index in [4.69, 9.17) is 4.99 Å². The Morgan fingerprint density at radius 2 is 1.68 bits per heavy atom. The average Bonchev–Trinajstić information content (AvgIpc) is 3.25. The van der Waals surface area contributed by atoms with Gasteiger partial charge in [-0.1, -0.05) is 55.8 Å². The van der Waals surface area contributed by atoms with Gasteiger partial charge in [-0.25, -0.2) is 9.78 Å². The lowest BCUT2D eigenvalue weighted by Gasteiger charge is -2.35. The van der Waals surface area contributed by atoms with Crippen LogP contribution < -0.4 is 25.3 Å². The van der Waals surface area contributed by atoms with Crippen LogP contribution in [0.4, 0.5) is 39.3 Å². The van der Waals surface area contributed by atoms with Gasteiger partial charge in [-0.2, -0.15) is 4.98 Å². The van der Waals surface area contributed by atoms with Crippen LogP contribution in [0.3, 0.4) is 0 Å². The first kappa shape index (κ1) is 35.0. The van der Waals surface area contributed by atoms with Crippen LogP contribution in [-0.2, 0) is 17.9 Å². The molecule has 5 aromatic rings. The molecule has 3 aromatic carbocycles. The molecule has 53 heavy (non-hydrogen) atoms. The number of hydrogen-bond acceptors (Lipinski definition) is 8. The normalized spacial score (nSPS) is 15.4. The molecule has 0 radical (unpaired) electrons. The van der Waals surface area contributed by atoms with Gasteiger partial charge in [-0.15, -0.1) is 0 Å². The number of benzene rings is 3. The van der Waals surface area contributed by atoms with Crippen molar-refractivity contribution in [3.8, 4) is 0 Å². The van der Waals surface area contributed by atoms with E-state index in [1.807, 2.05) is 88.4 Å². The Bertz CT molecular complexity index is 2240. The van der Waals surface area contributed by atoms with Crippen LogP contribution in [0.1, 0.15) is 65.0 Å². The average molecular weight is 708 g/mol. The van der Waals surface area contributed by atoms with E-state index < -0.39 is 6.04 Å². The zero-order valence-electron chi connectivity index (χ0n) is 30.4. The molecule has 4 amide bonds. The zero-order chi connectivity index (χ0) is 37.2. The summed E-state index contributed by atoms with van der Waals surface area (Å²) in [6.45, 7) is 8.40. The van der Waals surface area contributed by atoms with E-state index in [-0.39, 0.29) is 24.4 Å². The molecule has 0 saturated heterocycles. The van der Waals surface area contributed by atoms with Crippen molar-refractivity contribution in [3.05, 3.63) is 125 Å². The number of hydrogen-bond donors (Lipinski definition) is 2.